The Labute approximate surface area is 266 Å². The molecule has 0 spiro atoms. The number of ether oxygens (including phenoxy) is 2. The van der Waals surface area contributed by atoms with Crippen LogP contribution in [0.4, 0.5) is 14.5 Å². The summed E-state index contributed by atoms with van der Waals surface area (Å²) >= 11 is 0. The summed E-state index contributed by atoms with van der Waals surface area (Å²) < 4.78 is 40.7. The summed E-state index contributed by atoms with van der Waals surface area (Å²) in [7, 11) is 3.11. The minimum Gasteiger partial charge on any atom is -0.497 e. The highest BCUT2D eigenvalue weighted by atomic mass is 19.1. The van der Waals surface area contributed by atoms with Gasteiger partial charge in [0.15, 0.2) is 0 Å². The van der Waals surface area contributed by atoms with Crippen LogP contribution in [0.25, 0.3) is 11.3 Å². The van der Waals surface area contributed by atoms with Crippen molar-refractivity contribution in [2.45, 2.75) is 39.4 Å². The van der Waals surface area contributed by atoms with Crippen molar-refractivity contribution >= 4 is 17.5 Å². The highest BCUT2D eigenvalue weighted by molar-refractivity contribution is 6.00. The monoisotopic (exact) mass is 627 g/mol. The summed E-state index contributed by atoms with van der Waals surface area (Å²) in [4.78, 5) is 41.4. The van der Waals surface area contributed by atoms with Gasteiger partial charge in [-0.25, -0.2) is 13.8 Å². The lowest BCUT2D eigenvalue weighted by atomic mass is 9.98. The molecule has 2 aromatic heterocycles. The number of nitrogens with zero attached hydrogens (tertiary/aromatic N) is 5. The molecule has 0 bridgehead atoms. The smallest absolute Gasteiger partial charge is 0.256 e. The Hall–Kier alpha value is -4.90. The molecule has 0 unspecified atom stereocenters. The molecule has 11 heteroatoms. The first-order valence-electron chi connectivity index (χ1n) is 15.1. The molecule has 238 valence electrons. The third-order valence-corrected chi connectivity index (χ3v) is 8.56. The van der Waals surface area contributed by atoms with Crippen LogP contribution in [0.15, 0.2) is 60.8 Å². The van der Waals surface area contributed by atoms with Crippen molar-refractivity contribution in [1.82, 2.24) is 19.8 Å². The number of piperazine rings is 1. The molecule has 1 fully saturated rings. The van der Waals surface area contributed by atoms with E-state index in [4.69, 9.17) is 9.47 Å². The van der Waals surface area contributed by atoms with Crippen LogP contribution in [0.3, 0.4) is 0 Å². The molecule has 0 N–H and O–H groups in total. The van der Waals surface area contributed by atoms with Gasteiger partial charge in [0, 0.05) is 42.9 Å². The first-order valence-corrected chi connectivity index (χ1v) is 15.1. The lowest BCUT2D eigenvalue weighted by molar-refractivity contribution is -0.121. The number of hydrogen-bond donors (Lipinski definition) is 0. The third kappa shape index (κ3) is 6.02. The summed E-state index contributed by atoms with van der Waals surface area (Å²) in [6, 6.07) is 14.6. The maximum atomic E-state index is 14.9. The molecule has 46 heavy (non-hydrogen) atoms. The fourth-order valence-corrected chi connectivity index (χ4v) is 6.05. The van der Waals surface area contributed by atoms with Crippen molar-refractivity contribution < 1.29 is 27.8 Å². The van der Waals surface area contributed by atoms with Crippen LogP contribution in [0.5, 0.6) is 11.5 Å². The molecule has 2 aliphatic heterocycles. The molecule has 9 nitrogen and oxygen atoms in total. The van der Waals surface area contributed by atoms with E-state index in [0.717, 1.165) is 12.1 Å². The molecule has 1 saturated heterocycles. The van der Waals surface area contributed by atoms with Gasteiger partial charge >= 0.3 is 0 Å². The fraction of sp³-hybridized carbons (Fsp3) is 0.314. The predicted molar refractivity (Wildman–Crippen MR) is 169 cm³/mol. The average molecular weight is 628 g/mol. The highest BCUT2D eigenvalue weighted by Crippen LogP contribution is 2.35. The lowest BCUT2D eigenvalue weighted by Gasteiger charge is -2.36. The quantitative estimate of drug-likeness (QED) is 0.251. The van der Waals surface area contributed by atoms with Gasteiger partial charge in [-0.3, -0.25) is 19.5 Å². The maximum Gasteiger partial charge on any atom is 0.256 e. The van der Waals surface area contributed by atoms with Crippen molar-refractivity contribution in [2.24, 2.45) is 0 Å². The van der Waals surface area contributed by atoms with Crippen LogP contribution in [-0.2, 0) is 24.3 Å². The number of carbonyl (C=O) groups excluding carboxylic acids is 2. The number of carbonyl (C=O) groups is 2. The van der Waals surface area contributed by atoms with Gasteiger partial charge in [-0.05, 0) is 61.9 Å². The largest absolute Gasteiger partial charge is 0.497 e. The first-order chi connectivity index (χ1) is 22.2. The second-order valence-electron chi connectivity index (χ2n) is 11.7. The zero-order chi connectivity index (χ0) is 32.5. The van der Waals surface area contributed by atoms with Crippen LogP contribution in [0, 0.1) is 11.6 Å². The van der Waals surface area contributed by atoms with Crippen LogP contribution in [0.2, 0.25) is 0 Å². The van der Waals surface area contributed by atoms with Crippen LogP contribution in [-0.4, -0.2) is 71.5 Å². The minimum absolute atomic E-state index is 0.0113. The molecule has 0 aliphatic carbocycles. The molecular weight excluding hydrogens is 592 g/mol. The number of halogens is 2. The Balaban J connectivity index is 1.32. The molecule has 2 aliphatic rings. The van der Waals surface area contributed by atoms with Crippen molar-refractivity contribution in [3.8, 4) is 22.8 Å². The van der Waals surface area contributed by atoms with E-state index >= 15 is 0 Å². The summed E-state index contributed by atoms with van der Waals surface area (Å²) in [5.41, 5.74) is 3.32. The van der Waals surface area contributed by atoms with Gasteiger partial charge in [0.1, 0.15) is 23.1 Å². The minimum atomic E-state index is -0.743. The standard InChI is InChI=1S/C35H35F2N5O4/c1-21(2)40-12-13-42(32(43)20-40)25-10-9-24(38-17-25)14-23-15-29(34-27(36)6-5-7-28(34)37)39-30-19-41(35(44)33(23)30)18-22-8-11-26(45-3)16-31(22)46-4/h5-11,15-17,21H,12-14,18-20H2,1-4H3. The molecule has 6 rings (SSSR count). The van der Waals surface area contributed by atoms with E-state index in [2.05, 4.69) is 28.7 Å². The number of hydrogen-bond acceptors (Lipinski definition) is 7. The fourth-order valence-electron chi connectivity index (χ4n) is 6.05. The van der Waals surface area contributed by atoms with Crippen LogP contribution in [0.1, 0.15) is 46.7 Å². The van der Waals surface area contributed by atoms with Crippen molar-refractivity contribution in [1.29, 1.82) is 0 Å². The summed E-state index contributed by atoms with van der Waals surface area (Å²) in [5, 5.41) is 0. The van der Waals surface area contributed by atoms with Gasteiger partial charge in [-0.15, -0.1) is 0 Å². The molecular formula is C35H35F2N5O4. The second-order valence-corrected chi connectivity index (χ2v) is 11.7. The Morgan fingerprint density at radius 1 is 0.891 bits per heavy atom. The third-order valence-electron chi connectivity index (χ3n) is 8.56. The topological polar surface area (TPSA) is 88.1 Å². The van der Waals surface area contributed by atoms with Gasteiger partial charge in [0.25, 0.3) is 5.91 Å². The van der Waals surface area contributed by atoms with E-state index in [9.17, 15) is 18.4 Å². The second kappa shape index (κ2) is 12.8. The zero-order valence-corrected chi connectivity index (χ0v) is 26.2. The molecule has 4 aromatic rings. The van der Waals surface area contributed by atoms with E-state index in [1.165, 1.54) is 18.2 Å². The van der Waals surface area contributed by atoms with E-state index in [0.29, 0.717) is 52.8 Å². The highest BCUT2D eigenvalue weighted by Gasteiger charge is 2.34. The SMILES string of the molecule is COc1ccc(CN2Cc3nc(-c4c(F)cccc4F)cc(Cc4ccc(N5CCN(C(C)C)CC5=O)cn4)c3C2=O)c(OC)c1. The first kappa shape index (κ1) is 31.1. The number of amides is 2. The number of methoxy groups -OCH3 is 2. The number of anilines is 1. The molecule has 0 radical (unpaired) electrons. The van der Waals surface area contributed by atoms with Gasteiger partial charge in [-0.1, -0.05) is 6.07 Å². The van der Waals surface area contributed by atoms with Crippen LogP contribution >= 0.6 is 0 Å². The van der Waals surface area contributed by atoms with Gasteiger partial charge in [-0.2, -0.15) is 0 Å². The van der Waals surface area contributed by atoms with E-state index < -0.39 is 11.6 Å². The number of rotatable bonds is 9. The Morgan fingerprint density at radius 3 is 2.33 bits per heavy atom. The summed E-state index contributed by atoms with van der Waals surface area (Å²) in [6.45, 7) is 6.20. The van der Waals surface area contributed by atoms with Gasteiger partial charge < -0.3 is 19.3 Å². The van der Waals surface area contributed by atoms with Crippen LogP contribution < -0.4 is 14.4 Å². The Bertz CT molecular complexity index is 1780. The van der Waals surface area contributed by atoms with Crippen molar-refractivity contribution in [3.63, 3.8) is 0 Å². The molecule has 2 aromatic carbocycles. The van der Waals surface area contributed by atoms with Gasteiger partial charge in [0.2, 0.25) is 5.91 Å². The van der Waals surface area contributed by atoms with E-state index in [-0.39, 0.29) is 48.6 Å². The molecule has 4 heterocycles. The number of aromatic nitrogens is 2. The maximum absolute atomic E-state index is 14.9. The Morgan fingerprint density at radius 2 is 1.67 bits per heavy atom. The average Bonchev–Trinajstić information content (AvgIpc) is 3.36. The number of pyridine rings is 2. The number of benzene rings is 2. The normalized spacial score (nSPS) is 15.1. The Kier molecular flexibility index (Phi) is 8.68. The van der Waals surface area contributed by atoms with E-state index in [1.807, 2.05) is 18.2 Å². The molecule has 0 saturated carbocycles. The summed E-state index contributed by atoms with van der Waals surface area (Å²) in [5.74, 6) is -0.533. The van der Waals surface area contributed by atoms with Crippen molar-refractivity contribution in [2.75, 3.05) is 38.8 Å². The molecule has 2 amide bonds. The van der Waals surface area contributed by atoms with Gasteiger partial charge in [0.05, 0.1) is 68.3 Å². The van der Waals surface area contributed by atoms with E-state index in [1.54, 1.807) is 48.4 Å². The zero-order valence-electron chi connectivity index (χ0n) is 26.2. The lowest BCUT2D eigenvalue weighted by Crippen LogP contribution is -2.52. The number of fused-ring (bicyclic) bond motifs is 1. The predicted octanol–water partition coefficient (Wildman–Crippen LogP) is 5.24. The summed E-state index contributed by atoms with van der Waals surface area (Å²) in [6.07, 6.45) is 1.87. The van der Waals surface area contributed by atoms with Crippen molar-refractivity contribution in [3.05, 3.63) is 101 Å². The molecule has 0 atom stereocenters.